The fourth-order valence-corrected chi connectivity index (χ4v) is 11.6. The predicted molar refractivity (Wildman–Crippen MR) is 265 cm³/mol. The van der Waals surface area contributed by atoms with Crippen LogP contribution in [0.5, 0.6) is 5.75 Å². The normalized spacial score (nSPS) is 19.6. The van der Waals surface area contributed by atoms with E-state index < -0.39 is 39.4 Å². The summed E-state index contributed by atoms with van der Waals surface area (Å²) >= 11 is 3.57. The lowest BCUT2D eigenvalue weighted by atomic mass is 9.89. The first kappa shape index (κ1) is 48.2. The van der Waals surface area contributed by atoms with Crippen LogP contribution in [0.4, 0.5) is 43.3 Å². The van der Waals surface area contributed by atoms with Crippen LogP contribution in [0.15, 0.2) is 59.3 Å². The van der Waals surface area contributed by atoms with Crippen LogP contribution in [0.25, 0.3) is 10.9 Å². The van der Waals surface area contributed by atoms with Crippen molar-refractivity contribution in [3.8, 4) is 5.75 Å². The Kier molecular flexibility index (Phi) is 13.9. The van der Waals surface area contributed by atoms with Crippen LogP contribution in [0, 0.1) is 17.6 Å². The zero-order chi connectivity index (χ0) is 48.7. The quantitative estimate of drug-likeness (QED) is 0.102. The highest BCUT2D eigenvalue weighted by molar-refractivity contribution is 9.10. The van der Waals surface area contributed by atoms with Crippen molar-refractivity contribution in [2.24, 2.45) is 5.92 Å². The molecule has 4 aliphatic heterocycles. The van der Waals surface area contributed by atoms with Gasteiger partial charge in [-0.05, 0) is 95.9 Å². The first-order valence-corrected chi connectivity index (χ1v) is 26.2. The molecule has 69 heavy (non-hydrogen) atoms. The number of amides is 3. The Morgan fingerprint density at radius 2 is 1.59 bits per heavy atom. The Morgan fingerprint density at radius 3 is 2.26 bits per heavy atom. The third-order valence-corrected chi connectivity index (χ3v) is 15.8. The van der Waals surface area contributed by atoms with Gasteiger partial charge in [-0.2, -0.15) is 4.98 Å². The molecule has 366 valence electrons. The molecule has 2 atom stereocenters. The number of hydrogen-bond acceptors (Lipinski definition) is 13. The number of nitrogens with zero attached hydrogens (tertiary/aromatic N) is 7. The van der Waals surface area contributed by atoms with Gasteiger partial charge in [-0.25, -0.2) is 26.2 Å². The molecular formula is C49H57BrF2N10O6S. The maximum absolute atomic E-state index is 15.3. The van der Waals surface area contributed by atoms with Crippen LogP contribution in [0.3, 0.4) is 0 Å². The third kappa shape index (κ3) is 9.84. The number of nitrogens with one attached hydrogen (secondary N) is 3. The number of imide groups is 1. The monoisotopic (exact) mass is 1030 g/mol. The number of hydrogen-bond donors (Lipinski definition) is 3. The Hall–Kier alpha value is -5.86. The molecule has 20 heteroatoms. The van der Waals surface area contributed by atoms with Crippen molar-refractivity contribution >= 4 is 89.1 Å². The van der Waals surface area contributed by atoms with Gasteiger partial charge < -0.3 is 30.1 Å². The van der Waals surface area contributed by atoms with Gasteiger partial charge in [0, 0.05) is 106 Å². The summed E-state index contributed by atoms with van der Waals surface area (Å²) in [7, 11) is -1.94. The standard InChI is InChI=1S/C49H57BrF2N10O6S/c1-5-29-7-9-39(45-34(29)14-18-62(45)69(4,66)67)54-46-36(50)27-53-49(57-46)55-40-23-30(6-2)41(26-42(40)68-3)59-16-12-32(13-17-59)58-19-21-60(22-20-58)48(65)31-11-15-61(28-31)33-24-37(51)44(38(52)25-33)35-8-10-43(63)56-47(35)64/h7,9,14,18,23-27,31-32,35H,5-6,8,10-13,15-17,19-22,28H2,1-4H3,(H,56,63,64)(H2,53,54,55,57)/t31-,35-/m1/s1. The first-order valence-electron chi connectivity index (χ1n) is 23.6. The Balaban J connectivity index is 0.797. The highest BCUT2D eigenvalue weighted by Gasteiger charge is 2.37. The highest BCUT2D eigenvalue weighted by atomic mass is 79.9. The molecule has 0 spiro atoms. The molecule has 4 aliphatic rings. The second-order valence-corrected chi connectivity index (χ2v) is 21.0. The van der Waals surface area contributed by atoms with Gasteiger partial charge in [-0.3, -0.25) is 24.6 Å². The summed E-state index contributed by atoms with van der Waals surface area (Å²) in [6, 6.07) is 12.7. The number of piperazine rings is 1. The number of aromatic nitrogens is 3. The highest BCUT2D eigenvalue weighted by Crippen LogP contribution is 2.39. The smallest absolute Gasteiger partial charge is 0.236 e. The molecule has 5 aromatic rings. The molecule has 0 saturated carbocycles. The number of halogens is 3. The van der Waals surface area contributed by atoms with Crippen LogP contribution >= 0.6 is 15.9 Å². The number of anilines is 6. The average Bonchev–Trinajstić information content (AvgIpc) is 4.03. The van der Waals surface area contributed by atoms with Crippen molar-refractivity contribution in [1.82, 2.24) is 29.1 Å². The molecule has 16 nitrogen and oxygen atoms in total. The molecule has 0 unspecified atom stereocenters. The summed E-state index contributed by atoms with van der Waals surface area (Å²) in [6.45, 7) is 9.53. The molecule has 3 amide bonds. The van der Waals surface area contributed by atoms with Crippen LogP contribution in [0.2, 0.25) is 0 Å². The predicted octanol–water partition coefficient (Wildman–Crippen LogP) is 7.06. The molecule has 0 radical (unpaired) electrons. The molecule has 4 fully saturated rings. The van der Waals surface area contributed by atoms with Gasteiger partial charge in [0.1, 0.15) is 23.2 Å². The largest absolute Gasteiger partial charge is 0.494 e. The van der Waals surface area contributed by atoms with Crippen molar-refractivity contribution in [2.75, 3.05) is 86.2 Å². The van der Waals surface area contributed by atoms with E-state index in [1.54, 1.807) is 19.5 Å². The van der Waals surface area contributed by atoms with E-state index in [0.717, 1.165) is 74.1 Å². The minimum absolute atomic E-state index is 0.0228. The number of benzene rings is 3. The molecule has 4 saturated heterocycles. The average molecular weight is 1030 g/mol. The van der Waals surface area contributed by atoms with Crippen molar-refractivity contribution < 1.29 is 36.3 Å². The van der Waals surface area contributed by atoms with E-state index in [4.69, 9.17) is 9.72 Å². The lowest BCUT2D eigenvalue weighted by molar-refractivity contribution is -0.137. The van der Waals surface area contributed by atoms with Crippen LogP contribution in [-0.2, 0) is 37.2 Å². The van der Waals surface area contributed by atoms with E-state index in [9.17, 15) is 22.8 Å². The molecule has 2 aromatic heterocycles. The second-order valence-electron chi connectivity index (χ2n) is 18.3. The summed E-state index contributed by atoms with van der Waals surface area (Å²) in [5.41, 5.74) is 5.15. The van der Waals surface area contributed by atoms with E-state index in [1.807, 2.05) is 34.9 Å². The number of fused-ring (bicyclic) bond motifs is 1. The van der Waals surface area contributed by atoms with Gasteiger partial charge in [-0.15, -0.1) is 0 Å². The van der Waals surface area contributed by atoms with Crippen molar-refractivity contribution in [3.05, 3.63) is 87.7 Å². The van der Waals surface area contributed by atoms with Crippen LogP contribution in [-0.4, -0.2) is 122 Å². The van der Waals surface area contributed by atoms with E-state index in [1.165, 1.54) is 22.4 Å². The van der Waals surface area contributed by atoms with Gasteiger partial charge >= 0.3 is 0 Å². The summed E-state index contributed by atoms with van der Waals surface area (Å²) in [4.78, 5) is 55.7. The van der Waals surface area contributed by atoms with E-state index in [2.05, 4.69) is 65.7 Å². The maximum Gasteiger partial charge on any atom is 0.236 e. The zero-order valence-electron chi connectivity index (χ0n) is 39.2. The van der Waals surface area contributed by atoms with Gasteiger partial charge in [0.15, 0.2) is 0 Å². The van der Waals surface area contributed by atoms with Crippen molar-refractivity contribution in [3.63, 3.8) is 0 Å². The van der Waals surface area contributed by atoms with E-state index >= 15 is 8.78 Å². The topological polar surface area (TPSA) is 174 Å². The Labute approximate surface area is 408 Å². The summed E-state index contributed by atoms with van der Waals surface area (Å²) in [6.07, 6.45) is 8.52. The Bertz CT molecular complexity index is 2900. The number of carbonyl (C=O) groups is 3. The Morgan fingerprint density at radius 1 is 0.884 bits per heavy atom. The lowest BCUT2D eigenvalue weighted by Crippen LogP contribution is -2.55. The van der Waals surface area contributed by atoms with E-state index in [-0.39, 0.29) is 30.2 Å². The number of ether oxygens (including phenoxy) is 1. The molecule has 3 N–H and O–H groups in total. The number of piperidine rings is 2. The van der Waals surface area contributed by atoms with Crippen molar-refractivity contribution in [1.29, 1.82) is 0 Å². The minimum atomic E-state index is -3.58. The lowest BCUT2D eigenvalue weighted by Gasteiger charge is -2.44. The first-order chi connectivity index (χ1) is 33.1. The van der Waals surface area contributed by atoms with Crippen LogP contribution < -0.4 is 30.5 Å². The van der Waals surface area contributed by atoms with Gasteiger partial charge in [0.05, 0.1) is 46.6 Å². The third-order valence-electron chi connectivity index (χ3n) is 14.2. The van der Waals surface area contributed by atoms with Gasteiger partial charge in [-0.1, -0.05) is 19.9 Å². The zero-order valence-corrected chi connectivity index (χ0v) is 41.6. The van der Waals surface area contributed by atoms with Crippen molar-refractivity contribution in [2.45, 2.75) is 70.8 Å². The fourth-order valence-electron chi connectivity index (χ4n) is 10.5. The number of carbonyl (C=O) groups excluding carboxylic acids is 3. The minimum Gasteiger partial charge on any atom is -0.494 e. The summed E-state index contributed by atoms with van der Waals surface area (Å²) in [5, 5.41) is 9.72. The van der Waals surface area contributed by atoms with E-state index in [0.29, 0.717) is 83.2 Å². The molecule has 0 bridgehead atoms. The molecule has 3 aromatic carbocycles. The molecule has 6 heterocycles. The number of methoxy groups -OCH3 is 1. The number of rotatable bonds is 13. The second kappa shape index (κ2) is 19.9. The van der Waals surface area contributed by atoms with Gasteiger partial charge in [0.2, 0.25) is 33.7 Å². The maximum atomic E-state index is 15.3. The summed E-state index contributed by atoms with van der Waals surface area (Å²) in [5.74, 6) is -2.65. The number of aryl methyl sites for hydroxylation is 2. The molecular weight excluding hydrogens is 975 g/mol. The SMILES string of the molecule is CCc1cc(Nc2ncc(Br)c(Nc3ccc(CC)c4ccn(S(C)(=O)=O)c34)n2)c(OC)cc1N1CCC(N2CCN(C(=O)[C@@H]3CCN(c4cc(F)c([C@H]5CCC(=O)NC5=O)c(F)c4)C3)CC2)CC1. The van der Waals surface area contributed by atoms with Gasteiger partial charge in [0.25, 0.3) is 0 Å². The molecule has 9 rings (SSSR count). The van der Waals surface area contributed by atoms with Crippen LogP contribution in [0.1, 0.15) is 68.6 Å². The summed E-state index contributed by atoms with van der Waals surface area (Å²) < 4.78 is 63.9. The molecule has 0 aliphatic carbocycles. The fraction of sp³-hybridized carbons (Fsp3) is 0.449.